The fourth-order valence-electron chi connectivity index (χ4n) is 2.18. The Morgan fingerprint density at radius 3 is 2.15 bits per heavy atom. The summed E-state index contributed by atoms with van der Waals surface area (Å²) in [6.07, 6.45) is 3.83. The van der Waals surface area contributed by atoms with Crippen molar-refractivity contribution in [3.63, 3.8) is 0 Å². The highest BCUT2D eigenvalue weighted by Gasteiger charge is 2.08. The first-order valence-electron chi connectivity index (χ1n) is 9.30. The SMILES string of the molecule is CC.CNC(=O)C(C)CCC=O.CNc1ccc(CC(C)C)c(C=O)c1. The van der Waals surface area contributed by atoms with E-state index in [1.807, 2.05) is 46.0 Å². The molecule has 148 valence electrons. The molecule has 0 aliphatic rings. The number of anilines is 1. The van der Waals surface area contributed by atoms with Gasteiger partial charge in [-0.2, -0.15) is 0 Å². The molecule has 0 aliphatic heterocycles. The quantitative estimate of drug-likeness (QED) is 0.681. The van der Waals surface area contributed by atoms with Crippen molar-refractivity contribution in [3.8, 4) is 0 Å². The minimum atomic E-state index is -0.0461. The number of hydrogen-bond acceptors (Lipinski definition) is 4. The van der Waals surface area contributed by atoms with Crippen LogP contribution < -0.4 is 10.6 Å². The lowest BCUT2D eigenvalue weighted by Gasteiger charge is -2.09. The second-order valence-electron chi connectivity index (χ2n) is 6.14. The average molecular weight is 365 g/mol. The number of rotatable bonds is 8. The van der Waals surface area contributed by atoms with Crippen LogP contribution in [-0.2, 0) is 16.0 Å². The van der Waals surface area contributed by atoms with Crippen molar-refractivity contribution in [1.82, 2.24) is 5.32 Å². The summed E-state index contributed by atoms with van der Waals surface area (Å²) in [7, 11) is 3.45. The van der Waals surface area contributed by atoms with Gasteiger partial charge in [-0.05, 0) is 36.5 Å². The van der Waals surface area contributed by atoms with Crippen LogP contribution in [0.15, 0.2) is 18.2 Å². The van der Waals surface area contributed by atoms with E-state index in [1.54, 1.807) is 7.05 Å². The van der Waals surface area contributed by atoms with Gasteiger partial charge in [0.2, 0.25) is 5.91 Å². The van der Waals surface area contributed by atoms with Gasteiger partial charge in [0, 0.05) is 37.7 Å². The Labute approximate surface area is 159 Å². The van der Waals surface area contributed by atoms with Crippen molar-refractivity contribution in [2.45, 2.75) is 53.9 Å². The molecule has 1 atom stereocenters. The Morgan fingerprint density at radius 1 is 1.12 bits per heavy atom. The molecule has 1 rings (SSSR count). The molecule has 0 aromatic heterocycles. The van der Waals surface area contributed by atoms with E-state index in [0.29, 0.717) is 18.8 Å². The lowest BCUT2D eigenvalue weighted by molar-refractivity contribution is -0.124. The van der Waals surface area contributed by atoms with E-state index in [1.165, 1.54) is 0 Å². The zero-order valence-corrected chi connectivity index (χ0v) is 17.4. The van der Waals surface area contributed by atoms with Crippen molar-refractivity contribution in [2.24, 2.45) is 11.8 Å². The molecule has 2 N–H and O–H groups in total. The second-order valence-corrected chi connectivity index (χ2v) is 6.14. The molecular formula is C21H36N2O3. The number of benzene rings is 1. The van der Waals surface area contributed by atoms with Crippen LogP contribution in [0.4, 0.5) is 5.69 Å². The van der Waals surface area contributed by atoms with Gasteiger partial charge in [0.05, 0.1) is 0 Å². The summed E-state index contributed by atoms with van der Waals surface area (Å²) in [5.41, 5.74) is 2.92. The van der Waals surface area contributed by atoms with Crippen molar-refractivity contribution in [2.75, 3.05) is 19.4 Å². The summed E-state index contributed by atoms with van der Waals surface area (Å²) in [6.45, 7) is 10.1. The predicted molar refractivity (Wildman–Crippen MR) is 110 cm³/mol. The van der Waals surface area contributed by atoms with E-state index < -0.39 is 0 Å². The predicted octanol–water partition coefficient (Wildman–Crippen LogP) is 4.11. The highest BCUT2D eigenvalue weighted by molar-refractivity contribution is 5.79. The van der Waals surface area contributed by atoms with Gasteiger partial charge in [-0.25, -0.2) is 0 Å². The third-order valence-corrected chi connectivity index (χ3v) is 3.60. The van der Waals surface area contributed by atoms with Crippen LogP contribution in [0.25, 0.3) is 0 Å². The van der Waals surface area contributed by atoms with Crippen molar-refractivity contribution in [1.29, 1.82) is 0 Å². The van der Waals surface area contributed by atoms with Gasteiger partial charge < -0.3 is 15.4 Å². The second kappa shape index (κ2) is 16.3. The van der Waals surface area contributed by atoms with Gasteiger partial charge in [-0.1, -0.05) is 40.7 Å². The number of aldehydes is 2. The monoisotopic (exact) mass is 364 g/mol. The Kier molecular flexibility index (Phi) is 16.3. The molecule has 1 unspecified atom stereocenters. The van der Waals surface area contributed by atoms with Crippen LogP contribution in [0.2, 0.25) is 0 Å². The maximum absolute atomic E-state index is 10.8. The summed E-state index contributed by atoms with van der Waals surface area (Å²) in [5, 5.41) is 5.54. The number of nitrogens with one attached hydrogen (secondary N) is 2. The Morgan fingerprint density at radius 2 is 1.73 bits per heavy atom. The molecule has 1 amide bonds. The summed E-state index contributed by atoms with van der Waals surface area (Å²) in [5.74, 6) is 0.534. The molecule has 0 aliphatic carbocycles. The van der Waals surface area contributed by atoms with Crippen LogP contribution in [-0.4, -0.2) is 32.6 Å². The molecule has 0 radical (unpaired) electrons. The highest BCUT2D eigenvalue weighted by Crippen LogP contribution is 2.17. The van der Waals surface area contributed by atoms with Crippen LogP contribution in [0.1, 0.15) is 63.4 Å². The molecule has 1 aromatic rings. The lowest BCUT2D eigenvalue weighted by Crippen LogP contribution is -2.25. The molecule has 0 fully saturated rings. The molecule has 0 saturated carbocycles. The molecule has 1 aromatic carbocycles. The van der Waals surface area contributed by atoms with Crippen LogP contribution in [0.5, 0.6) is 0 Å². The Hall–Kier alpha value is -2.17. The van der Waals surface area contributed by atoms with Crippen LogP contribution in [0, 0.1) is 11.8 Å². The van der Waals surface area contributed by atoms with Gasteiger partial charge in [0.15, 0.2) is 0 Å². The van der Waals surface area contributed by atoms with Gasteiger partial charge >= 0.3 is 0 Å². The zero-order chi connectivity index (χ0) is 20.5. The number of carbonyl (C=O) groups excluding carboxylic acids is 3. The lowest BCUT2D eigenvalue weighted by atomic mass is 9.98. The van der Waals surface area contributed by atoms with Crippen LogP contribution >= 0.6 is 0 Å². The van der Waals surface area contributed by atoms with Crippen LogP contribution in [0.3, 0.4) is 0 Å². The smallest absolute Gasteiger partial charge is 0.222 e. The average Bonchev–Trinajstić information content (AvgIpc) is 2.67. The fourth-order valence-corrected chi connectivity index (χ4v) is 2.18. The fraction of sp³-hybridized carbons (Fsp3) is 0.571. The van der Waals surface area contributed by atoms with Gasteiger partial charge in [0.25, 0.3) is 0 Å². The van der Waals surface area contributed by atoms with Gasteiger partial charge in [0.1, 0.15) is 12.6 Å². The Balaban J connectivity index is 0. The molecule has 0 saturated heterocycles. The maximum Gasteiger partial charge on any atom is 0.222 e. The molecule has 5 nitrogen and oxygen atoms in total. The summed E-state index contributed by atoms with van der Waals surface area (Å²) in [4.78, 5) is 31.5. The first kappa shape index (κ1) is 26.1. The van der Waals surface area contributed by atoms with Crippen molar-refractivity contribution in [3.05, 3.63) is 29.3 Å². The number of hydrogen-bond donors (Lipinski definition) is 2. The minimum Gasteiger partial charge on any atom is -0.388 e. The third kappa shape index (κ3) is 11.4. The van der Waals surface area contributed by atoms with Gasteiger partial charge in [-0.3, -0.25) is 9.59 Å². The topological polar surface area (TPSA) is 75.3 Å². The normalized spacial score (nSPS) is 10.5. The first-order valence-corrected chi connectivity index (χ1v) is 9.30. The molecule has 0 bridgehead atoms. The van der Waals surface area contributed by atoms with E-state index in [0.717, 1.165) is 35.8 Å². The van der Waals surface area contributed by atoms with Crippen molar-refractivity contribution < 1.29 is 14.4 Å². The van der Waals surface area contributed by atoms with Crippen molar-refractivity contribution >= 4 is 24.2 Å². The summed E-state index contributed by atoms with van der Waals surface area (Å²) < 4.78 is 0. The Bertz CT molecular complexity index is 528. The number of carbonyl (C=O) groups is 3. The highest BCUT2D eigenvalue weighted by atomic mass is 16.1. The minimum absolute atomic E-state index is 0.00171. The van der Waals surface area contributed by atoms with E-state index in [4.69, 9.17) is 0 Å². The van der Waals surface area contributed by atoms with E-state index in [9.17, 15) is 14.4 Å². The summed E-state index contributed by atoms with van der Waals surface area (Å²) >= 11 is 0. The first-order chi connectivity index (χ1) is 12.4. The standard InChI is InChI=1S/C12H17NO.C7H13NO2.C2H6/c1-9(2)6-10-4-5-12(13-3)7-11(10)8-14;1-6(4-3-5-9)7(10)8-2;1-2/h4-5,7-9,13H,6H2,1-3H3;5-6H,3-4H2,1-2H3,(H,8,10);1-2H3. The number of amides is 1. The van der Waals surface area contributed by atoms with E-state index in [2.05, 4.69) is 24.5 Å². The van der Waals surface area contributed by atoms with E-state index in [-0.39, 0.29) is 11.8 Å². The zero-order valence-electron chi connectivity index (χ0n) is 17.4. The summed E-state index contributed by atoms with van der Waals surface area (Å²) in [6, 6.07) is 5.92. The molecule has 5 heteroatoms. The molecule has 0 heterocycles. The molecular weight excluding hydrogens is 328 g/mol. The largest absolute Gasteiger partial charge is 0.388 e. The van der Waals surface area contributed by atoms with E-state index >= 15 is 0 Å². The van der Waals surface area contributed by atoms with Gasteiger partial charge in [-0.15, -0.1) is 0 Å². The third-order valence-electron chi connectivity index (χ3n) is 3.60. The maximum atomic E-state index is 10.8. The molecule has 26 heavy (non-hydrogen) atoms. The molecule has 0 spiro atoms.